The average molecular weight is 299 g/mol. The molecule has 0 saturated heterocycles. The van der Waals surface area contributed by atoms with Gasteiger partial charge in [-0.15, -0.1) is 0 Å². The molecule has 3 heteroatoms. The van der Waals surface area contributed by atoms with Gasteiger partial charge in [0.1, 0.15) is 0 Å². The van der Waals surface area contributed by atoms with Crippen LogP contribution in [-0.2, 0) is 0 Å². The number of nitrogens with zero attached hydrogens (tertiary/aromatic N) is 1. The molecular weight excluding hydrogens is 276 g/mol. The fraction of sp³-hybridized carbons (Fsp3) is 0.643. The first-order valence-electron chi connectivity index (χ1n) is 6.41. The molecule has 0 amide bonds. The van der Waals surface area contributed by atoms with E-state index in [0.717, 1.165) is 11.0 Å². The molecule has 0 aliphatic heterocycles. The minimum atomic E-state index is 0.442. The highest BCUT2D eigenvalue weighted by Crippen LogP contribution is 2.31. The van der Waals surface area contributed by atoms with Gasteiger partial charge in [0.15, 0.2) is 0 Å². The van der Waals surface area contributed by atoms with Crippen LogP contribution in [-0.4, -0.2) is 17.6 Å². The van der Waals surface area contributed by atoms with Crippen LogP contribution in [0.15, 0.2) is 22.8 Å². The summed E-state index contributed by atoms with van der Waals surface area (Å²) in [4.78, 5) is 4.54. The Balaban J connectivity index is 2.89. The maximum Gasteiger partial charge on any atom is 0.0594 e. The van der Waals surface area contributed by atoms with Gasteiger partial charge in [0.05, 0.1) is 5.69 Å². The van der Waals surface area contributed by atoms with Crippen molar-refractivity contribution in [3.05, 3.63) is 28.5 Å². The number of halogens is 1. The summed E-state index contributed by atoms with van der Waals surface area (Å²) in [7, 11) is 0. The summed E-state index contributed by atoms with van der Waals surface area (Å²) in [6.45, 7) is 10.0. The third-order valence-corrected chi connectivity index (χ3v) is 3.75. The summed E-state index contributed by atoms with van der Waals surface area (Å²) in [5.74, 6) is 1.01. The van der Waals surface area contributed by atoms with Crippen LogP contribution in [0.4, 0.5) is 0 Å². The molecule has 0 bridgehead atoms. The first-order chi connectivity index (χ1) is 8.07. The Morgan fingerprint density at radius 1 is 1.35 bits per heavy atom. The van der Waals surface area contributed by atoms with Crippen LogP contribution in [0.2, 0.25) is 0 Å². The Morgan fingerprint density at radius 3 is 2.59 bits per heavy atom. The molecule has 0 aliphatic rings. The van der Waals surface area contributed by atoms with E-state index < -0.39 is 0 Å². The monoisotopic (exact) mass is 298 g/mol. The van der Waals surface area contributed by atoms with E-state index in [9.17, 15) is 0 Å². The summed E-state index contributed by atoms with van der Waals surface area (Å²) in [5, 5.41) is 3.58. The van der Waals surface area contributed by atoms with E-state index in [4.69, 9.17) is 0 Å². The highest BCUT2D eigenvalue weighted by molar-refractivity contribution is 9.10. The first-order valence-corrected chi connectivity index (χ1v) is 7.21. The molecule has 1 aromatic heterocycles. The second-order valence-corrected chi connectivity index (χ2v) is 5.74. The van der Waals surface area contributed by atoms with E-state index >= 15 is 0 Å². The zero-order chi connectivity index (χ0) is 12.8. The molecule has 0 radical (unpaired) electrons. The molecule has 0 fully saturated rings. The lowest BCUT2D eigenvalue weighted by atomic mass is 9.86. The quantitative estimate of drug-likeness (QED) is 0.859. The maximum atomic E-state index is 4.54. The third-order valence-electron chi connectivity index (χ3n) is 3.08. The van der Waals surface area contributed by atoms with Crippen molar-refractivity contribution in [3.63, 3.8) is 0 Å². The molecule has 1 N–H and O–H groups in total. The van der Waals surface area contributed by atoms with Gasteiger partial charge in [0.25, 0.3) is 0 Å². The fourth-order valence-electron chi connectivity index (χ4n) is 2.27. The van der Waals surface area contributed by atoms with E-state index in [-0.39, 0.29) is 0 Å². The number of nitrogens with one attached hydrogen (secondary N) is 1. The third kappa shape index (κ3) is 4.07. The largest absolute Gasteiger partial charge is 0.314 e. The zero-order valence-corrected chi connectivity index (χ0v) is 12.8. The lowest BCUT2D eigenvalue weighted by molar-refractivity contribution is 0.370. The van der Waals surface area contributed by atoms with Crippen LogP contribution < -0.4 is 5.32 Å². The fourth-order valence-corrected chi connectivity index (χ4v) is 2.79. The van der Waals surface area contributed by atoms with E-state index in [1.807, 2.05) is 12.3 Å². The Hall–Kier alpha value is -0.410. The van der Waals surface area contributed by atoms with Crippen LogP contribution in [0.1, 0.15) is 45.7 Å². The number of pyridine rings is 1. The SMILES string of the molecule is CCCNC(C)C(c1ncccc1Br)C(C)C. The number of hydrogen-bond acceptors (Lipinski definition) is 2. The Labute approximate surface area is 113 Å². The minimum absolute atomic E-state index is 0.442. The van der Waals surface area contributed by atoms with Crippen LogP contribution >= 0.6 is 15.9 Å². The molecule has 2 nitrogen and oxygen atoms in total. The van der Waals surface area contributed by atoms with Crippen molar-refractivity contribution in [1.82, 2.24) is 10.3 Å². The van der Waals surface area contributed by atoms with E-state index in [0.29, 0.717) is 17.9 Å². The lowest BCUT2D eigenvalue weighted by Gasteiger charge is -2.28. The molecule has 17 heavy (non-hydrogen) atoms. The second kappa shape index (κ2) is 7.12. The molecule has 0 aromatic carbocycles. The summed E-state index contributed by atoms with van der Waals surface area (Å²) < 4.78 is 1.11. The summed E-state index contributed by atoms with van der Waals surface area (Å²) in [6, 6.07) is 4.49. The zero-order valence-electron chi connectivity index (χ0n) is 11.2. The summed E-state index contributed by atoms with van der Waals surface area (Å²) in [5.41, 5.74) is 1.17. The average Bonchev–Trinajstić information content (AvgIpc) is 2.29. The van der Waals surface area contributed by atoms with Crippen molar-refractivity contribution in [3.8, 4) is 0 Å². The van der Waals surface area contributed by atoms with E-state index in [1.54, 1.807) is 0 Å². The Morgan fingerprint density at radius 2 is 2.06 bits per heavy atom. The summed E-state index contributed by atoms with van der Waals surface area (Å²) >= 11 is 3.61. The van der Waals surface area contributed by atoms with E-state index in [1.165, 1.54) is 12.1 Å². The van der Waals surface area contributed by atoms with Crippen molar-refractivity contribution < 1.29 is 0 Å². The topological polar surface area (TPSA) is 24.9 Å². The molecule has 1 heterocycles. The van der Waals surface area contributed by atoms with Gasteiger partial charge < -0.3 is 5.32 Å². The lowest BCUT2D eigenvalue weighted by Crippen LogP contribution is -2.35. The first kappa shape index (κ1) is 14.7. The van der Waals surface area contributed by atoms with Crippen molar-refractivity contribution in [2.45, 2.75) is 46.1 Å². The van der Waals surface area contributed by atoms with Gasteiger partial charge >= 0.3 is 0 Å². The van der Waals surface area contributed by atoms with Gasteiger partial charge in [-0.05, 0) is 53.9 Å². The predicted octanol–water partition coefficient (Wildman–Crippen LogP) is 3.97. The van der Waals surface area contributed by atoms with Crippen LogP contribution in [0.25, 0.3) is 0 Å². The second-order valence-electron chi connectivity index (χ2n) is 4.88. The van der Waals surface area contributed by atoms with Gasteiger partial charge in [-0.25, -0.2) is 0 Å². The molecule has 1 aromatic rings. The van der Waals surface area contributed by atoms with Crippen molar-refractivity contribution in [2.75, 3.05) is 6.54 Å². The highest BCUT2D eigenvalue weighted by atomic mass is 79.9. The molecular formula is C14H23BrN2. The molecule has 2 atom stereocenters. The summed E-state index contributed by atoms with van der Waals surface area (Å²) in [6.07, 6.45) is 3.04. The van der Waals surface area contributed by atoms with E-state index in [2.05, 4.69) is 60.0 Å². The van der Waals surface area contributed by atoms with Gasteiger partial charge in [-0.1, -0.05) is 20.8 Å². The standard InChI is InChI=1S/C14H23BrN2/c1-5-8-16-11(4)13(10(2)3)14-12(15)7-6-9-17-14/h6-7,9-11,13,16H,5,8H2,1-4H3. The van der Waals surface area contributed by atoms with Crippen molar-refractivity contribution in [1.29, 1.82) is 0 Å². The van der Waals surface area contributed by atoms with Gasteiger partial charge in [0, 0.05) is 22.6 Å². The predicted molar refractivity (Wildman–Crippen MR) is 77.3 cm³/mol. The van der Waals surface area contributed by atoms with Gasteiger partial charge in [-0.3, -0.25) is 4.98 Å². The van der Waals surface area contributed by atoms with Crippen LogP contribution in [0, 0.1) is 5.92 Å². The van der Waals surface area contributed by atoms with Crippen molar-refractivity contribution in [2.24, 2.45) is 5.92 Å². The molecule has 0 spiro atoms. The van der Waals surface area contributed by atoms with Crippen molar-refractivity contribution >= 4 is 15.9 Å². The molecule has 0 saturated carbocycles. The number of aromatic nitrogens is 1. The maximum absolute atomic E-state index is 4.54. The Kier molecular flexibility index (Phi) is 6.14. The highest BCUT2D eigenvalue weighted by Gasteiger charge is 2.25. The van der Waals surface area contributed by atoms with Gasteiger partial charge in [-0.2, -0.15) is 0 Å². The number of rotatable bonds is 6. The van der Waals surface area contributed by atoms with Crippen LogP contribution in [0.5, 0.6) is 0 Å². The molecule has 96 valence electrons. The van der Waals surface area contributed by atoms with Gasteiger partial charge in [0.2, 0.25) is 0 Å². The Bertz CT molecular complexity index is 339. The molecule has 2 unspecified atom stereocenters. The van der Waals surface area contributed by atoms with Crippen LogP contribution in [0.3, 0.4) is 0 Å². The molecule has 1 rings (SSSR count). The smallest absolute Gasteiger partial charge is 0.0594 e. The minimum Gasteiger partial charge on any atom is -0.314 e. The normalized spacial score (nSPS) is 14.9. The number of hydrogen-bond donors (Lipinski definition) is 1. The molecule has 0 aliphatic carbocycles.